The van der Waals surface area contributed by atoms with Gasteiger partial charge in [0.1, 0.15) is 5.82 Å². The van der Waals surface area contributed by atoms with Crippen LogP contribution < -0.4 is 4.90 Å². The number of anilines is 1. The molecule has 1 saturated heterocycles. The third-order valence-electron chi connectivity index (χ3n) is 4.25. The SMILES string of the molecule is CN1CCN(c2ccc3nnc(-c4ccc(Cl)cc4Cl)n3n2)CC1. The Morgan fingerprint density at radius 3 is 2.50 bits per heavy atom. The van der Waals surface area contributed by atoms with Gasteiger partial charge in [-0.3, -0.25) is 0 Å². The van der Waals surface area contributed by atoms with Gasteiger partial charge < -0.3 is 9.80 Å². The zero-order valence-electron chi connectivity index (χ0n) is 13.2. The molecule has 0 radical (unpaired) electrons. The summed E-state index contributed by atoms with van der Waals surface area (Å²) in [6.07, 6.45) is 0. The van der Waals surface area contributed by atoms with Crippen molar-refractivity contribution in [3.63, 3.8) is 0 Å². The molecule has 6 nitrogen and oxygen atoms in total. The molecule has 3 heterocycles. The van der Waals surface area contributed by atoms with E-state index in [-0.39, 0.29) is 0 Å². The van der Waals surface area contributed by atoms with Crippen LogP contribution in [0.25, 0.3) is 17.0 Å². The molecular weight excluding hydrogens is 347 g/mol. The van der Waals surface area contributed by atoms with Crippen molar-refractivity contribution in [2.75, 3.05) is 38.1 Å². The molecule has 0 saturated carbocycles. The van der Waals surface area contributed by atoms with Gasteiger partial charge in [0.05, 0.1) is 5.02 Å². The first kappa shape index (κ1) is 15.6. The van der Waals surface area contributed by atoms with Crippen molar-refractivity contribution in [2.24, 2.45) is 0 Å². The molecule has 0 N–H and O–H groups in total. The van der Waals surface area contributed by atoms with E-state index in [0.29, 0.717) is 21.5 Å². The highest BCUT2D eigenvalue weighted by atomic mass is 35.5. The quantitative estimate of drug-likeness (QED) is 0.701. The lowest BCUT2D eigenvalue weighted by Crippen LogP contribution is -2.44. The fourth-order valence-corrected chi connectivity index (χ4v) is 3.32. The van der Waals surface area contributed by atoms with E-state index in [1.54, 1.807) is 16.6 Å². The number of hydrogen-bond acceptors (Lipinski definition) is 5. The van der Waals surface area contributed by atoms with E-state index in [1.165, 1.54) is 0 Å². The fraction of sp³-hybridized carbons (Fsp3) is 0.312. The number of likely N-dealkylation sites (N-methyl/N-ethyl adjacent to an activating group) is 1. The molecule has 0 amide bonds. The second-order valence-electron chi connectivity index (χ2n) is 5.90. The summed E-state index contributed by atoms with van der Waals surface area (Å²) in [5.41, 5.74) is 1.45. The minimum Gasteiger partial charge on any atom is -0.353 e. The normalized spacial score (nSPS) is 16.0. The molecule has 1 aliphatic rings. The number of piperazine rings is 1. The van der Waals surface area contributed by atoms with E-state index in [2.05, 4.69) is 27.0 Å². The van der Waals surface area contributed by atoms with Gasteiger partial charge in [0.25, 0.3) is 0 Å². The summed E-state index contributed by atoms with van der Waals surface area (Å²) in [6.45, 7) is 3.96. The maximum atomic E-state index is 6.32. The van der Waals surface area contributed by atoms with Crippen LogP contribution in [0.15, 0.2) is 30.3 Å². The van der Waals surface area contributed by atoms with E-state index < -0.39 is 0 Å². The van der Waals surface area contributed by atoms with Crippen molar-refractivity contribution < 1.29 is 0 Å². The van der Waals surface area contributed by atoms with Crippen LogP contribution >= 0.6 is 23.2 Å². The highest BCUT2D eigenvalue weighted by molar-refractivity contribution is 6.36. The van der Waals surface area contributed by atoms with Crippen LogP contribution in [0.4, 0.5) is 5.82 Å². The van der Waals surface area contributed by atoms with Crippen LogP contribution in [0, 0.1) is 0 Å². The number of nitrogens with zero attached hydrogens (tertiary/aromatic N) is 6. The molecular formula is C16H16Cl2N6. The zero-order chi connectivity index (χ0) is 16.7. The molecule has 4 rings (SSSR count). The van der Waals surface area contributed by atoms with Gasteiger partial charge in [0.15, 0.2) is 11.5 Å². The average Bonchev–Trinajstić information content (AvgIpc) is 2.98. The van der Waals surface area contributed by atoms with Crippen LogP contribution in [-0.4, -0.2) is 57.9 Å². The van der Waals surface area contributed by atoms with Gasteiger partial charge in [0.2, 0.25) is 0 Å². The Morgan fingerprint density at radius 2 is 1.75 bits per heavy atom. The monoisotopic (exact) mass is 362 g/mol. The van der Waals surface area contributed by atoms with Crippen LogP contribution in [0.3, 0.4) is 0 Å². The van der Waals surface area contributed by atoms with Gasteiger partial charge in [-0.2, -0.15) is 4.52 Å². The lowest BCUT2D eigenvalue weighted by Gasteiger charge is -2.33. The van der Waals surface area contributed by atoms with E-state index >= 15 is 0 Å². The first-order valence-electron chi connectivity index (χ1n) is 7.73. The fourth-order valence-electron chi connectivity index (χ4n) is 2.82. The molecule has 0 atom stereocenters. The number of fused-ring (bicyclic) bond motifs is 1. The molecule has 8 heteroatoms. The molecule has 1 aromatic carbocycles. The van der Waals surface area contributed by atoms with Gasteiger partial charge in [-0.15, -0.1) is 15.3 Å². The van der Waals surface area contributed by atoms with Crippen molar-refractivity contribution in [2.45, 2.75) is 0 Å². The van der Waals surface area contributed by atoms with E-state index in [4.69, 9.17) is 28.3 Å². The van der Waals surface area contributed by atoms with E-state index in [0.717, 1.165) is 37.6 Å². The van der Waals surface area contributed by atoms with Crippen LogP contribution in [-0.2, 0) is 0 Å². The molecule has 0 unspecified atom stereocenters. The highest BCUT2D eigenvalue weighted by Gasteiger charge is 2.18. The minimum absolute atomic E-state index is 0.531. The van der Waals surface area contributed by atoms with Crippen molar-refractivity contribution in [3.05, 3.63) is 40.4 Å². The standard InChI is InChI=1S/C16H16Cl2N6/c1-22-6-8-23(9-7-22)15-5-4-14-19-20-16(24(14)21-15)12-3-2-11(17)10-13(12)18/h2-5,10H,6-9H2,1H3. The first-order chi connectivity index (χ1) is 11.6. The highest BCUT2D eigenvalue weighted by Crippen LogP contribution is 2.29. The molecule has 0 spiro atoms. The number of hydrogen-bond donors (Lipinski definition) is 0. The Balaban J connectivity index is 1.76. The summed E-state index contributed by atoms with van der Waals surface area (Å²) in [5.74, 6) is 1.53. The lowest BCUT2D eigenvalue weighted by molar-refractivity contribution is 0.311. The Hall–Kier alpha value is -1.89. The Bertz CT molecular complexity index is 885. The predicted molar refractivity (Wildman–Crippen MR) is 95.9 cm³/mol. The zero-order valence-corrected chi connectivity index (χ0v) is 14.7. The molecule has 1 aliphatic heterocycles. The van der Waals surface area contributed by atoms with Gasteiger partial charge in [-0.25, -0.2) is 0 Å². The third-order valence-corrected chi connectivity index (χ3v) is 4.80. The predicted octanol–water partition coefficient (Wildman–Crippen LogP) is 2.85. The second kappa shape index (κ2) is 6.20. The van der Waals surface area contributed by atoms with Crippen LogP contribution in [0.5, 0.6) is 0 Å². The molecule has 2 aromatic heterocycles. The third kappa shape index (κ3) is 2.81. The molecule has 24 heavy (non-hydrogen) atoms. The lowest BCUT2D eigenvalue weighted by atomic mass is 10.2. The Kier molecular flexibility index (Phi) is 4.04. The maximum Gasteiger partial charge on any atom is 0.186 e. The van der Waals surface area contributed by atoms with Crippen molar-refractivity contribution in [1.82, 2.24) is 24.7 Å². The van der Waals surface area contributed by atoms with Gasteiger partial charge >= 0.3 is 0 Å². The number of benzene rings is 1. The molecule has 3 aromatic rings. The van der Waals surface area contributed by atoms with Gasteiger partial charge in [0, 0.05) is 36.8 Å². The number of rotatable bonds is 2. The number of aromatic nitrogens is 4. The summed E-state index contributed by atoms with van der Waals surface area (Å²) >= 11 is 12.3. The summed E-state index contributed by atoms with van der Waals surface area (Å²) in [7, 11) is 2.13. The number of halogens is 2. The van der Waals surface area contributed by atoms with Crippen LogP contribution in [0.2, 0.25) is 10.0 Å². The smallest absolute Gasteiger partial charge is 0.186 e. The van der Waals surface area contributed by atoms with Gasteiger partial charge in [-0.05, 0) is 37.4 Å². The second-order valence-corrected chi connectivity index (χ2v) is 6.74. The molecule has 1 fully saturated rings. The summed E-state index contributed by atoms with van der Waals surface area (Å²) < 4.78 is 1.74. The minimum atomic E-state index is 0.531. The summed E-state index contributed by atoms with van der Waals surface area (Å²) in [4.78, 5) is 4.58. The Labute approximate surface area is 149 Å². The van der Waals surface area contributed by atoms with E-state index in [1.807, 2.05) is 18.2 Å². The van der Waals surface area contributed by atoms with Gasteiger partial charge in [-0.1, -0.05) is 23.2 Å². The average molecular weight is 363 g/mol. The molecule has 124 valence electrons. The Morgan fingerprint density at radius 1 is 0.958 bits per heavy atom. The maximum absolute atomic E-state index is 6.32. The van der Waals surface area contributed by atoms with Crippen molar-refractivity contribution in [1.29, 1.82) is 0 Å². The summed E-state index contributed by atoms with van der Waals surface area (Å²) in [6, 6.07) is 9.24. The van der Waals surface area contributed by atoms with Crippen molar-refractivity contribution >= 4 is 34.7 Å². The molecule has 0 bridgehead atoms. The van der Waals surface area contributed by atoms with Crippen molar-refractivity contribution in [3.8, 4) is 11.4 Å². The van der Waals surface area contributed by atoms with Crippen LogP contribution in [0.1, 0.15) is 0 Å². The topological polar surface area (TPSA) is 49.6 Å². The summed E-state index contributed by atoms with van der Waals surface area (Å²) in [5, 5.41) is 14.3. The molecule has 0 aliphatic carbocycles. The largest absolute Gasteiger partial charge is 0.353 e. The van der Waals surface area contributed by atoms with E-state index in [9.17, 15) is 0 Å². The first-order valence-corrected chi connectivity index (χ1v) is 8.49.